The molecule has 0 fully saturated rings. The highest BCUT2D eigenvalue weighted by atomic mass is 32.1. The molecule has 0 radical (unpaired) electrons. The van der Waals surface area contributed by atoms with Crippen LogP contribution in [-0.2, 0) is 4.79 Å². The van der Waals surface area contributed by atoms with E-state index in [2.05, 4.69) is 10.3 Å². The number of nitrogens with one attached hydrogen (secondary N) is 1. The Labute approximate surface area is 71.4 Å². The summed E-state index contributed by atoms with van der Waals surface area (Å²) >= 11 is 0.875. The predicted molar refractivity (Wildman–Crippen MR) is 43.1 cm³/mol. The molecule has 1 amide bonds. The van der Waals surface area contributed by atoms with E-state index in [4.69, 9.17) is 0 Å². The molecule has 6 nitrogen and oxygen atoms in total. The number of carbonyl (C=O) groups excluding carboxylic acids is 1. The number of rotatable bonds is 2. The summed E-state index contributed by atoms with van der Waals surface area (Å²) in [4.78, 5) is 23.6. The van der Waals surface area contributed by atoms with E-state index in [1.54, 1.807) is 0 Å². The number of amides is 1. The zero-order valence-electron chi connectivity index (χ0n) is 6.10. The number of anilines is 1. The van der Waals surface area contributed by atoms with Crippen LogP contribution in [0.3, 0.4) is 0 Å². The smallest absolute Gasteiger partial charge is 0.357 e. The van der Waals surface area contributed by atoms with Gasteiger partial charge in [0.2, 0.25) is 5.91 Å². The van der Waals surface area contributed by atoms with Gasteiger partial charge in [0.25, 0.3) is 5.82 Å². The van der Waals surface area contributed by atoms with Crippen LogP contribution in [0.25, 0.3) is 0 Å². The summed E-state index contributed by atoms with van der Waals surface area (Å²) in [5.41, 5.74) is 0. The zero-order valence-corrected chi connectivity index (χ0v) is 6.92. The van der Waals surface area contributed by atoms with Crippen LogP contribution in [0.1, 0.15) is 6.92 Å². The SMILES string of the molecule is CC(=O)Nc1csc([N+](=O)[O-])n1. The molecule has 1 heterocycles. The normalized spacial score (nSPS) is 9.42. The van der Waals surface area contributed by atoms with Gasteiger partial charge in [0.1, 0.15) is 0 Å². The highest BCUT2D eigenvalue weighted by molar-refractivity contribution is 7.13. The molecule has 0 aliphatic rings. The first-order valence-corrected chi connectivity index (χ1v) is 3.85. The van der Waals surface area contributed by atoms with Crippen molar-refractivity contribution in [1.82, 2.24) is 4.98 Å². The lowest BCUT2D eigenvalue weighted by Gasteiger charge is -1.87. The Balaban J connectivity index is 2.77. The maximum Gasteiger partial charge on any atom is 0.425 e. The summed E-state index contributed by atoms with van der Waals surface area (Å²) < 4.78 is 0. The van der Waals surface area contributed by atoms with Crippen LogP contribution in [0, 0.1) is 10.1 Å². The zero-order chi connectivity index (χ0) is 9.14. The number of thiazole rings is 1. The molecule has 1 aromatic rings. The fourth-order valence-electron chi connectivity index (χ4n) is 0.586. The Morgan fingerprint density at radius 1 is 1.83 bits per heavy atom. The molecular formula is C5H5N3O3S. The van der Waals surface area contributed by atoms with Crippen molar-refractivity contribution in [2.24, 2.45) is 0 Å². The third kappa shape index (κ3) is 1.99. The monoisotopic (exact) mass is 187 g/mol. The lowest BCUT2D eigenvalue weighted by molar-refractivity contribution is -0.384. The van der Waals surface area contributed by atoms with Crippen molar-refractivity contribution in [3.05, 3.63) is 15.5 Å². The molecule has 1 aromatic heterocycles. The average molecular weight is 187 g/mol. The topological polar surface area (TPSA) is 85.1 Å². The molecule has 12 heavy (non-hydrogen) atoms. The van der Waals surface area contributed by atoms with Crippen LogP contribution in [0.5, 0.6) is 0 Å². The minimum absolute atomic E-state index is 0.221. The second-order valence-electron chi connectivity index (χ2n) is 1.95. The minimum Gasteiger partial charge on any atom is -0.357 e. The van der Waals surface area contributed by atoms with Crippen molar-refractivity contribution >= 4 is 28.2 Å². The van der Waals surface area contributed by atoms with Gasteiger partial charge in [-0.05, 0) is 21.2 Å². The fraction of sp³-hybridized carbons (Fsp3) is 0.200. The Morgan fingerprint density at radius 2 is 2.50 bits per heavy atom. The van der Waals surface area contributed by atoms with Crippen molar-refractivity contribution in [3.8, 4) is 0 Å². The van der Waals surface area contributed by atoms with Crippen LogP contribution in [0.4, 0.5) is 10.9 Å². The first kappa shape index (κ1) is 8.60. The van der Waals surface area contributed by atoms with Crippen LogP contribution in [-0.4, -0.2) is 15.8 Å². The van der Waals surface area contributed by atoms with E-state index in [9.17, 15) is 14.9 Å². The van der Waals surface area contributed by atoms with Gasteiger partial charge in [0, 0.05) is 6.92 Å². The molecule has 7 heteroatoms. The molecule has 1 rings (SSSR count). The molecular weight excluding hydrogens is 182 g/mol. The number of hydrogen-bond donors (Lipinski definition) is 1. The molecule has 0 atom stereocenters. The molecule has 0 aliphatic heterocycles. The van der Waals surface area contributed by atoms with Gasteiger partial charge in [0.05, 0.1) is 5.38 Å². The molecule has 64 valence electrons. The van der Waals surface area contributed by atoms with Gasteiger partial charge in [0.15, 0.2) is 0 Å². The minimum atomic E-state index is -0.601. The van der Waals surface area contributed by atoms with Crippen LogP contribution in [0.2, 0.25) is 0 Å². The fourth-order valence-corrected chi connectivity index (χ4v) is 1.15. The van der Waals surface area contributed by atoms with Gasteiger partial charge in [-0.15, -0.1) is 0 Å². The van der Waals surface area contributed by atoms with Gasteiger partial charge >= 0.3 is 5.13 Å². The quantitative estimate of drug-likeness (QED) is 0.553. The summed E-state index contributed by atoms with van der Waals surface area (Å²) in [7, 11) is 0. The molecule has 0 saturated heterocycles. The summed E-state index contributed by atoms with van der Waals surface area (Å²) in [6, 6.07) is 0. The van der Waals surface area contributed by atoms with Crippen molar-refractivity contribution in [2.45, 2.75) is 6.92 Å². The van der Waals surface area contributed by atoms with Gasteiger partial charge in [-0.25, -0.2) is 0 Å². The molecule has 0 aromatic carbocycles. The van der Waals surface area contributed by atoms with Crippen LogP contribution < -0.4 is 5.32 Å². The predicted octanol–water partition coefficient (Wildman–Crippen LogP) is 1.01. The Bertz CT molecular complexity index is 321. The third-order valence-corrected chi connectivity index (χ3v) is 1.74. The molecule has 0 spiro atoms. The van der Waals surface area contributed by atoms with E-state index < -0.39 is 4.92 Å². The number of carbonyl (C=O) groups is 1. The maximum atomic E-state index is 10.5. The second-order valence-corrected chi connectivity index (χ2v) is 2.79. The van der Waals surface area contributed by atoms with Crippen molar-refractivity contribution < 1.29 is 9.72 Å². The van der Waals surface area contributed by atoms with Gasteiger partial charge < -0.3 is 10.1 Å². The Kier molecular flexibility index (Phi) is 2.34. The highest BCUT2D eigenvalue weighted by Crippen LogP contribution is 2.20. The second kappa shape index (κ2) is 3.26. The first-order valence-electron chi connectivity index (χ1n) is 2.97. The lowest BCUT2D eigenvalue weighted by Crippen LogP contribution is -2.05. The average Bonchev–Trinajstić information content (AvgIpc) is 2.34. The summed E-state index contributed by atoms with van der Waals surface area (Å²) in [5.74, 6) is -0.0746. The molecule has 1 N–H and O–H groups in total. The van der Waals surface area contributed by atoms with Crippen molar-refractivity contribution in [1.29, 1.82) is 0 Å². The Hall–Kier alpha value is -1.50. The lowest BCUT2D eigenvalue weighted by atomic mass is 10.6. The third-order valence-electron chi connectivity index (χ3n) is 0.952. The van der Waals surface area contributed by atoms with E-state index in [1.807, 2.05) is 0 Å². The molecule has 0 aliphatic carbocycles. The van der Waals surface area contributed by atoms with Crippen molar-refractivity contribution in [3.63, 3.8) is 0 Å². The first-order chi connectivity index (χ1) is 5.59. The van der Waals surface area contributed by atoms with Crippen molar-refractivity contribution in [2.75, 3.05) is 5.32 Å². The number of aromatic nitrogens is 1. The maximum absolute atomic E-state index is 10.5. The Morgan fingerprint density at radius 3 is 2.92 bits per heavy atom. The summed E-state index contributed by atoms with van der Waals surface area (Å²) in [5, 5.41) is 13.7. The van der Waals surface area contributed by atoms with E-state index in [1.165, 1.54) is 12.3 Å². The van der Waals surface area contributed by atoms with Crippen LogP contribution in [0.15, 0.2) is 5.38 Å². The molecule has 0 bridgehead atoms. The summed E-state index contributed by atoms with van der Waals surface area (Å²) in [6.45, 7) is 1.31. The van der Waals surface area contributed by atoms with E-state index >= 15 is 0 Å². The van der Waals surface area contributed by atoms with Gasteiger partial charge in [-0.1, -0.05) is 0 Å². The van der Waals surface area contributed by atoms with Gasteiger partial charge in [-0.3, -0.25) is 10.1 Å². The number of nitro groups is 1. The van der Waals surface area contributed by atoms with Gasteiger partial charge in [-0.2, -0.15) is 0 Å². The largest absolute Gasteiger partial charge is 0.425 e. The standard InChI is InChI=1S/C5H5N3O3S/c1-3(9)6-4-2-12-5(7-4)8(10)11/h2H,1H3,(H,6,9). The number of nitrogens with zero attached hydrogens (tertiary/aromatic N) is 2. The van der Waals surface area contributed by atoms with E-state index in [-0.39, 0.29) is 16.9 Å². The van der Waals surface area contributed by atoms with E-state index in [0.29, 0.717) is 0 Å². The van der Waals surface area contributed by atoms with E-state index in [0.717, 1.165) is 11.3 Å². The highest BCUT2D eigenvalue weighted by Gasteiger charge is 2.13. The van der Waals surface area contributed by atoms with Crippen LogP contribution >= 0.6 is 11.3 Å². The summed E-state index contributed by atoms with van der Waals surface area (Å²) in [6.07, 6.45) is 0. The molecule has 0 saturated carbocycles. The number of hydrogen-bond acceptors (Lipinski definition) is 5. The molecule has 0 unspecified atom stereocenters.